The van der Waals surface area contributed by atoms with Gasteiger partial charge in [0.05, 0.1) is 5.57 Å². The summed E-state index contributed by atoms with van der Waals surface area (Å²) >= 11 is 0. The highest BCUT2D eigenvalue weighted by molar-refractivity contribution is 5.97. The normalized spacial score (nSPS) is 14.5. The van der Waals surface area contributed by atoms with E-state index in [1.165, 1.54) is 0 Å². The number of hydrogen-bond donors (Lipinski definition) is 0. The summed E-state index contributed by atoms with van der Waals surface area (Å²) in [5, 5.41) is 0. The van der Waals surface area contributed by atoms with Gasteiger partial charge in [0.1, 0.15) is 5.84 Å². The Bertz CT molecular complexity index is 388. The molecule has 0 saturated carbocycles. The Morgan fingerprint density at radius 3 is 2.32 bits per heavy atom. The maximum absolute atomic E-state index is 12.3. The van der Waals surface area contributed by atoms with E-state index < -0.39 is 0 Å². The van der Waals surface area contributed by atoms with Crippen LogP contribution in [0.1, 0.15) is 34.1 Å². The number of likely N-dealkylation sites (N-methyl/N-ethyl adjacent to an activating group) is 1. The van der Waals surface area contributed by atoms with E-state index in [0.717, 1.165) is 38.4 Å². The van der Waals surface area contributed by atoms with E-state index in [4.69, 9.17) is 0 Å². The van der Waals surface area contributed by atoms with Crippen LogP contribution in [-0.4, -0.2) is 47.7 Å². The van der Waals surface area contributed by atoms with Gasteiger partial charge in [-0.25, -0.2) is 4.99 Å². The minimum absolute atomic E-state index is 0.0609. The molecule has 1 rings (SSSR count). The molecule has 1 heterocycles. The first kappa shape index (κ1) is 15.5. The number of carbonyl (C=O) groups excluding carboxylic acids is 1. The fourth-order valence-corrected chi connectivity index (χ4v) is 2.15. The highest BCUT2D eigenvalue weighted by Crippen LogP contribution is 2.11. The van der Waals surface area contributed by atoms with Gasteiger partial charge in [-0.15, -0.1) is 0 Å². The Balaban J connectivity index is 2.90. The molecular formula is C15H25N3O. The van der Waals surface area contributed by atoms with Crippen molar-refractivity contribution >= 4 is 11.7 Å². The van der Waals surface area contributed by atoms with Crippen molar-refractivity contribution in [1.82, 2.24) is 9.80 Å². The molecule has 0 radical (unpaired) electrons. The number of nitrogens with zero attached hydrogens (tertiary/aromatic N) is 3. The smallest absolute Gasteiger partial charge is 0.255 e. The van der Waals surface area contributed by atoms with E-state index >= 15 is 0 Å². The fraction of sp³-hybridized carbons (Fsp3) is 0.600. The topological polar surface area (TPSA) is 35.9 Å². The Labute approximate surface area is 116 Å². The fourth-order valence-electron chi connectivity index (χ4n) is 2.15. The molecule has 0 fully saturated rings. The predicted octanol–water partition coefficient (Wildman–Crippen LogP) is 2.44. The second-order valence-electron chi connectivity index (χ2n) is 4.39. The van der Waals surface area contributed by atoms with Crippen LogP contribution in [0, 0.1) is 0 Å². The van der Waals surface area contributed by atoms with Crippen molar-refractivity contribution in [2.75, 3.05) is 26.2 Å². The van der Waals surface area contributed by atoms with E-state index in [2.05, 4.69) is 23.7 Å². The number of amides is 1. The largest absolute Gasteiger partial charge is 0.360 e. The first-order valence-corrected chi connectivity index (χ1v) is 7.15. The summed E-state index contributed by atoms with van der Waals surface area (Å²) in [6, 6.07) is 0. The quantitative estimate of drug-likeness (QED) is 0.764. The standard InChI is InChI=1S/C15H25N3O/c1-5-17(6-2)14-11-9-10-13(12-16-14)15(19)18(7-3)8-4/h9-10,12H,5-8,11H2,1-4H3. The molecule has 0 aromatic rings. The molecule has 106 valence electrons. The zero-order valence-electron chi connectivity index (χ0n) is 12.5. The van der Waals surface area contributed by atoms with Gasteiger partial charge < -0.3 is 9.80 Å². The third-order valence-corrected chi connectivity index (χ3v) is 3.38. The van der Waals surface area contributed by atoms with Crippen molar-refractivity contribution in [3.8, 4) is 0 Å². The number of hydrogen-bond acceptors (Lipinski definition) is 3. The number of aliphatic imine (C=N–C) groups is 1. The Kier molecular flexibility index (Phi) is 6.33. The van der Waals surface area contributed by atoms with E-state index in [9.17, 15) is 4.79 Å². The molecule has 0 aliphatic carbocycles. The van der Waals surface area contributed by atoms with E-state index in [1.54, 1.807) is 6.20 Å². The summed E-state index contributed by atoms with van der Waals surface area (Å²) in [7, 11) is 0. The lowest BCUT2D eigenvalue weighted by Crippen LogP contribution is -2.31. The average molecular weight is 263 g/mol. The third kappa shape index (κ3) is 3.94. The number of amidine groups is 1. The van der Waals surface area contributed by atoms with Gasteiger partial charge in [0, 0.05) is 38.8 Å². The average Bonchev–Trinajstić information content (AvgIpc) is 2.67. The first-order chi connectivity index (χ1) is 9.17. The van der Waals surface area contributed by atoms with E-state index in [-0.39, 0.29) is 5.91 Å². The van der Waals surface area contributed by atoms with Gasteiger partial charge in [-0.3, -0.25) is 4.79 Å². The van der Waals surface area contributed by atoms with Crippen molar-refractivity contribution in [3.05, 3.63) is 23.9 Å². The van der Waals surface area contributed by atoms with Crippen molar-refractivity contribution in [2.24, 2.45) is 4.99 Å². The minimum atomic E-state index is 0.0609. The summed E-state index contributed by atoms with van der Waals surface area (Å²) in [6.07, 6.45) is 6.41. The predicted molar refractivity (Wildman–Crippen MR) is 80.1 cm³/mol. The van der Waals surface area contributed by atoms with Crippen LogP contribution < -0.4 is 0 Å². The van der Waals surface area contributed by atoms with Crippen molar-refractivity contribution in [3.63, 3.8) is 0 Å². The van der Waals surface area contributed by atoms with Gasteiger partial charge in [-0.05, 0) is 27.7 Å². The second kappa shape index (κ2) is 7.77. The monoisotopic (exact) mass is 263 g/mol. The van der Waals surface area contributed by atoms with Crippen molar-refractivity contribution < 1.29 is 4.79 Å². The summed E-state index contributed by atoms with van der Waals surface area (Å²) in [5.74, 6) is 1.09. The molecule has 4 heteroatoms. The zero-order valence-corrected chi connectivity index (χ0v) is 12.5. The summed E-state index contributed by atoms with van der Waals surface area (Å²) in [5.41, 5.74) is 0.672. The Morgan fingerprint density at radius 2 is 1.79 bits per heavy atom. The molecule has 0 aromatic carbocycles. The van der Waals surface area contributed by atoms with E-state index in [1.807, 2.05) is 30.9 Å². The lowest BCUT2D eigenvalue weighted by molar-refractivity contribution is -0.126. The van der Waals surface area contributed by atoms with Gasteiger partial charge in [0.25, 0.3) is 5.91 Å². The highest BCUT2D eigenvalue weighted by Gasteiger charge is 2.15. The Hall–Kier alpha value is -1.58. The van der Waals surface area contributed by atoms with Crippen LogP contribution in [0.15, 0.2) is 28.9 Å². The van der Waals surface area contributed by atoms with Crippen LogP contribution in [0.5, 0.6) is 0 Å². The van der Waals surface area contributed by atoms with Gasteiger partial charge in [-0.2, -0.15) is 0 Å². The molecule has 0 aromatic heterocycles. The van der Waals surface area contributed by atoms with Gasteiger partial charge in [0.2, 0.25) is 0 Å². The summed E-state index contributed by atoms with van der Waals surface area (Å²) in [6.45, 7) is 11.6. The number of rotatable bonds is 5. The molecule has 0 unspecified atom stereocenters. The molecule has 0 atom stereocenters. The van der Waals surface area contributed by atoms with Gasteiger partial charge in [0.15, 0.2) is 0 Å². The van der Waals surface area contributed by atoms with Crippen LogP contribution >= 0.6 is 0 Å². The van der Waals surface area contributed by atoms with Gasteiger partial charge in [-0.1, -0.05) is 12.2 Å². The molecule has 4 nitrogen and oxygen atoms in total. The summed E-state index contributed by atoms with van der Waals surface area (Å²) < 4.78 is 0. The Morgan fingerprint density at radius 1 is 1.16 bits per heavy atom. The minimum Gasteiger partial charge on any atom is -0.360 e. The molecule has 1 aliphatic heterocycles. The number of carbonyl (C=O) groups is 1. The molecule has 19 heavy (non-hydrogen) atoms. The van der Waals surface area contributed by atoms with Gasteiger partial charge >= 0.3 is 0 Å². The van der Waals surface area contributed by atoms with Crippen LogP contribution in [0.2, 0.25) is 0 Å². The molecule has 1 amide bonds. The zero-order chi connectivity index (χ0) is 14.3. The van der Waals surface area contributed by atoms with Crippen LogP contribution in [0.4, 0.5) is 0 Å². The SMILES string of the molecule is CCN(CC)C(=O)C1=CN=C(N(CC)CC)CC=C1. The highest BCUT2D eigenvalue weighted by atomic mass is 16.2. The van der Waals surface area contributed by atoms with E-state index in [0.29, 0.717) is 5.57 Å². The summed E-state index contributed by atoms with van der Waals surface area (Å²) in [4.78, 5) is 20.8. The molecule has 0 saturated heterocycles. The lowest BCUT2D eigenvalue weighted by Gasteiger charge is -2.21. The van der Waals surface area contributed by atoms with Crippen LogP contribution in [0.25, 0.3) is 0 Å². The molecule has 0 bridgehead atoms. The lowest BCUT2D eigenvalue weighted by atomic mass is 10.2. The van der Waals surface area contributed by atoms with Crippen LogP contribution in [-0.2, 0) is 4.79 Å². The molecule has 0 N–H and O–H groups in total. The van der Waals surface area contributed by atoms with Crippen molar-refractivity contribution in [2.45, 2.75) is 34.1 Å². The third-order valence-electron chi connectivity index (χ3n) is 3.38. The maximum Gasteiger partial charge on any atom is 0.255 e. The van der Waals surface area contributed by atoms with Crippen molar-refractivity contribution in [1.29, 1.82) is 0 Å². The second-order valence-corrected chi connectivity index (χ2v) is 4.39. The molecule has 0 spiro atoms. The molecular weight excluding hydrogens is 238 g/mol. The molecule has 1 aliphatic rings. The van der Waals surface area contributed by atoms with Crippen LogP contribution in [0.3, 0.4) is 0 Å². The maximum atomic E-state index is 12.3. The first-order valence-electron chi connectivity index (χ1n) is 7.15.